The number of carbonyl (C=O) groups is 2. The summed E-state index contributed by atoms with van der Waals surface area (Å²) in [7, 11) is 0. The number of rotatable bonds is 5. The van der Waals surface area contributed by atoms with E-state index < -0.39 is 5.97 Å². The minimum Gasteiger partial charge on any atom is -0.462 e. The summed E-state index contributed by atoms with van der Waals surface area (Å²) in [6, 6.07) is 7.12. The second-order valence-corrected chi connectivity index (χ2v) is 4.58. The molecule has 0 atom stereocenters. The molecule has 0 aliphatic carbocycles. The van der Waals surface area contributed by atoms with Crippen molar-refractivity contribution in [3.8, 4) is 5.69 Å². The van der Waals surface area contributed by atoms with Crippen LogP contribution in [-0.4, -0.2) is 34.8 Å². The molecule has 0 radical (unpaired) electrons. The van der Waals surface area contributed by atoms with Gasteiger partial charge in [-0.2, -0.15) is 5.10 Å². The molecule has 0 fully saturated rings. The van der Waals surface area contributed by atoms with Crippen molar-refractivity contribution in [2.75, 3.05) is 18.5 Å². The lowest BCUT2D eigenvalue weighted by Crippen LogP contribution is -2.21. The number of hydrogen-bond donors (Lipinski definition) is 2. The van der Waals surface area contributed by atoms with Gasteiger partial charge in [0.15, 0.2) is 0 Å². The Kier molecular flexibility index (Phi) is 6.74. The summed E-state index contributed by atoms with van der Waals surface area (Å²) in [5.74, 6) is -0.680. The summed E-state index contributed by atoms with van der Waals surface area (Å²) in [6.07, 6.45) is 1.47. The number of nitrogens with one attached hydrogen (secondary N) is 1. The van der Waals surface area contributed by atoms with Crippen molar-refractivity contribution in [2.45, 2.75) is 13.8 Å². The molecular weight excluding hydrogens is 320 g/mol. The van der Waals surface area contributed by atoms with E-state index in [1.165, 1.54) is 6.20 Å². The zero-order chi connectivity index (χ0) is 16.1. The van der Waals surface area contributed by atoms with Crippen LogP contribution in [0.5, 0.6) is 0 Å². The molecule has 124 valence electrons. The van der Waals surface area contributed by atoms with Crippen molar-refractivity contribution in [3.63, 3.8) is 0 Å². The molecule has 0 aliphatic rings. The van der Waals surface area contributed by atoms with Gasteiger partial charge in [0, 0.05) is 5.69 Å². The van der Waals surface area contributed by atoms with Crippen molar-refractivity contribution < 1.29 is 14.3 Å². The summed E-state index contributed by atoms with van der Waals surface area (Å²) in [5.41, 5.74) is 7.70. The lowest BCUT2D eigenvalue weighted by molar-refractivity contribution is -0.114. The highest BCUT2D eigenvalue weighted by molar-refractivity contribution is 5.92. The number of nitrogens with zero attached hydrogens (tertiary/aromatic N) is 2. The molecular formula is C15H19ClN4O3. The van der Waals surface area contributed by atoms with Gasteiger partial charge in [-0.1, -0.05) is 6.07 Å². The number of halogens is 1. The first-order valence-corrected chi connectivity index (χ1v) is 6.89. The molecule has 0 saturated carbocycles. The van der Waals surface area contributed by atoms with Gasteiger partial charge < -0.3 is 15.8 Å². The van der Waals surface area contributed by atoms with E-state index in [1.54, 1.807) is 36.7 Å². The maximum atomic E-state index is 11.8. The third-order valence-electron chi connectivity index (χ3n) is 3.07. The molecule has 0 spiro atoms. The van der Waals surface area contributed by atoms with E-state index in [1.807, 2.05) is 6.07 Å². The van der Waals surface area contributed by atoms with Crippen LogP contribution >= 0.6 is 12.4 Å². The number of benzene rings is 1. The van der Waals surface area contributed by atoms with Gasteiger partial charge in [-0.25, -0.2) is 9.48 Å². The second kappa shape index (κ2) is 8.30. The summed E-state index contributed by atoms with van der Waals surface area (Å²) >= 11 is 0. The number of nitrogens with two attached hydrogens (primary N) is 1. The molecule has 0 unspecified atom stereocenters. The van der Waals surface area contributed by atoms with E-state index in [0.29, 0.717) is 23.6 Å². The van der Waals surface area contributed by atoms with E-state index in [0.717, 1.165) is 5.69 Å². The third kappa shape index (κ3) is 4.30. The van der Waals surface area contributed by atoms with Gasteiger partial charge >= 0.3 is 5.97 Å². The molecule has 8 heteroatoms. The number of esters is 1. The normalized spacial score (nSPS) is 9.87. The number of hydrogen-bond acceptors (Lipinski definition) is 5. The predicted molar refractivity (Wildman–Crippen MR) is 89.2 cm³/mol. The number of ether oxygens (including phenoxy) is 1. The van der Waals surface area contributed by atoms with Gasteiger partial charge in [-0.15, -0.1) is 12.4 Å². The Hall–Kier alpha value is -2.38. The Balaban J connectivity index is 0.00000264. The summed E-state index contributed by atoms with van der Waals surface area (Å²) in [5, 5.41) is 6.88. The van der Waals surface area contributed by atoms with Crippen LogP contribution in [0.3, 0.4) is 0 Å². The monoisotopic (exact) mass is 338 g/mol. The first-order valence-electron chi connectivity index (χ1n) is 6.89. The van der Waals surface area contributed by atoms with Gasteiger partial charge in [0.2, 0.25) is 5.91 Å². The van der Waals surface area contributed by atoms with Crippen LogP contribution in [0.15, 0.2) is 30.5 Å². The van der Waals surface area contributed by atoms with Crippen molar-refractivity contribution in [3.05, 3.63) is 41.7 Å². The van der Waals surface area contributed by atoms with Crippen LogP contribution < -0.4 is 11.1 Å². The highest BCUT2D eigenvalue weighted by Crippen LogP contribution is 2.18. The van der Waals surface area contributed by atoms with Crippen LogP contribution in [0.4, 0.5) is 5.69 Å². The maximum absolute atomic E-state index is 11.8. The maximum Gasteiger partial charge on any atom is 0.341 e. The van der Waals surface area contributed by atoms with Crippen LogP contribution in [0.25, 0.3) is 5.69 Å². The van der Waals surface area contributed by atoms with Crippen LogP contribution in [0.1, 0.15) is 23.0 Å². The molecule has 2 rings (SSSR count). The molecule has 1 heterocycles. The Morgan fingerprint density at radius 3 is 2.78 bits per heavy atom. The Bertz CT molecular complexity index is 700. The van der Waals surface area contributed by atoms with Crippen LogP contribution in [0, 0.1) is 6.92 Å². The van der Waals surface area contributed by atoms with E-state index in [2.05, 4.69) is 10.4 Å². The number of carbonyl (C=O) groups excluding carboxylic acids is 2. The lowest BCUT2D eigenvalue weighted by Gasteiger charge is -2.08. The fraction of sp³-hybridized carbons (Fsp3) is 0.267. The topological polar surface area (TPSA) is 99.2 Å². The molecule has 1 amide bonds. The molecule has 23 heavy (non-hydrogen) atoms. The SMILES string of the molecule is CCOC(=O)c1cnn(-c2cccc(NC(=O)CN)c2)c1C.Cl. The molecule has 1 aromatic carbocycles. The summed E-state index contributed by atoms with van der Waals surface area (Å²) in [4.78, 5) is 23.2. The van der Waals surface area contributed by atoms with E-state index in [9.17, 15) is 9.59 Å². The largest absolute Gasteiger partial charge is 0.462 e. The van der Waals surface area contributed by atoms with Gasteiger partial charge in [0.1, 0.15) is 5.56 Å². The highest BCUT2D eigenvalue weighted by atomic mass is 35.5. The zero-order valence-electron chi connectivity index (χ0n) is 12.9. The van der Waals surface area contributed by atoms with E-state index in [-0.39, 0.29) is 24.9 Å². The third-order valence-corrected chi connectivity index (χ3v) is 3.07. The molecule has 2 aromatic rings. The highest BCUT2D eigenvalue weighted by Gasteiger charge is 2.16. The smallest absolute Gasteiger partial charge is 0.341 e. The summed E-state index contributed by atoms with van der Waals surface area (Å²) in [6.45, 7) is 3.76. The Morgan fingerprint density at radius 2 is 2.13 bits per heavy atom. The molecule has 0 bridgehead atoms. The molecule has 3 N–H and O–H groups in total. The first-order chi connectivity index (χ1) is 10.6. The average molecular weight is 339 g/mol. The van der Waals surface area contributed by atoms with E-state index in [4.69, 9.17) is 10.5 Å². The van der Waals surface area contributed by atoms with Crippen molar-refractivity contribution in [1.29, 1.82) is 0 Å². The zero-order valence-corrected chi connectivity index (χ0v) is 13.7. The van der Waals surface area contributed by atoms with Gasteiger partial charge in [0.05, 0.1) is 30.7 Å². The molecule has 1 aromatic heterocycles. The van der Waals surface area contributed by atoms with Gasteiger partial charge in [-0.05, 0) is 32.0 Å². The number of amides is 1. The minimum absolute atomic E-state index is 0. The fourth-order valence-electron chi connectivity index (χ4n) is 2.01. The van der Waals surface area contributed by atoms with Crippen molar-refractivity contribution in [2.24, 2.45) is 5.73 Å². The van der Waals surface area contributed by atoms with Gasteiger partial charge in [0.25, 0.3) is 0 Å². The lowest BCUT2D eigenvalue weighted by atomic mass is 10.2. The molecule has 0 saturated heterocycles. The van der Waals surface area contributed by atoms with Crippen molar-refractivity contribution >= 4 is 30.0 Å². The predicted octanol–water partition coefficient (Wildman–Crippen LogP) is 1.68. The fourth-order valence-corrected chi connectivity index (χ4v) is 2.01. The van der Waals surface area contributed by atoms with Gasteiger partial charge in [-0.3, -0.25) is 4.79 Å². The average Bonchev–Trinajstić information content (AvgIpc) is 2.89. The quantitative estimate of drug-likeness (QED) is 0.808. The van der Waals surface area contributed by atoms with E-state index >= 15 is 0 Å². The Morgan fingerprint density at radius 1 is 1.39 bits per heavy atom. The number of anilines is 1. The standard InChI is InChI=1S/C15H18N4O3.ClH/c1-3-22-15(21)13-9-17-19(10(13)2)12-6-4-5-11(7-12)18-14(20)8-16;/h4-7,9H,3,8,16H2,1-2H3,(H,18,20);1H. The minimum atomic E-state index is -0.404. The number of aromatic nitrogens is 2. The first kappa shape index (κ1) is 18.7. The van der Waals surface area contributed by atoms with Crippen LogP contribution in [0.2, 0.25) is 0 Å². The molecule has 7 nitrogen and oxygen atoms in total. The Labute approximate surface area is 140 Å². The van der Waals surface area contributed by atoms with Crippen molar-refractivity contribution in [1.82, 2.24) is 9.78 Å². The molecule has 0 aliphatic heterocycles. The van der Waals surface area contributed by atoms with Crippen LogP contribution in [-0.2, 0) is 9.53 Å². The summed E-state index contributed by atoms with van der Waals surface area (Å²) < 4.78 is 6.60. The second-order valence-electron chi connectivity index (χ2n) is 4.58.